The molecule has 0 fully saturated rings. The van der Waals surface area contributed by atoms with Crippen LogP contribution in [0.25, 0.3) is 11.4 Å². The van der Waals surface area contributed by atoms with Gasteiger partial charge in [-0.25, -0.2) is 9.48 Å². The maximum absolute atomic E-state index is 13.6. The Hall–Kier alpha value is -2.92. The number of hydrogen-bond acceptors (Lipinski definition) is 7. The first kappa shape index (κ1) is 30.0. The lowest BCUT2D eigenvalue weighted by Gasteiger charge is -2.34. The third-order valence-electron chi connectivity index (χ3n) is 6.96. The van der Waals surface area contributed by atoms with Crippen LogP contribution in [0, 0.1) is 0 Å². The number of hydrogen-bond donors (Lipinski definition) is 0. The Morgan fingerprint density at radius 2 is 1.95 bits per heavy atom. The van der Waals surface area contributed by atoms with Crippen LogP contribution >= 0.6 is 23.2 Å². The molecule has 2 aromatic heterocycles. The van der Waals surface area contributed by atoms with E-state index in [1.807, 2.05) is 11.6 Å². The summed E-state index contributed by atoms with van der Waals surface area (Å²) in [7, 11) is 0.0533. The van der Waals surface area contributed by atoms with Crippen LogP contribution in [0.2, 0.25) is 35.7 Å². The number of methoxy groups -OCH3 is 1. The topological polar surface area (TPSA) is 99.7 Å². The van der Waals surface area contributed by atoms with E-state index < -0.39 is 14.0 Å². The minimum atomic E-state index is -1.26. The molecule has 1 aromatic carbocycles. The second-order valence-corrected chi connectivity index (χ2v) is 17.5. The zero-order valence-electron chi connectivity index (χ0n) is 23.4. The van der Waals surface area contributed by atoms with Gasteiger partial charge in [-0.15, -0.1) is 0 Å². The molecule has 9 nitrogen and oxygen atoms in total. The highest BCUT2D eigenvalue weighted by Gasteiger charge is 2.36. The molecule has 3 heterocycles. The minimum Gasteiger partial charge on any atom is -0.466 e. The molecule has 1 aliphatic heterocycles. The number of amides is 1. The average molecular weight is 606 g/mol. The minimum absolute atomic E-state index is 0.166. The molecular formula is C28H34Cl2N4O5Si. The van der Waals surface area contributed by atoms with Gasteiger partial charge in [0.25, 0.3) is 5.91 Å². The van der Waals surface area contributed by atoms with Crippen LogP contribution in [0.4, 0.5) is 0 Å². The maximum Gasteiger partial charge on any atom is 0.333 e. The van der Waals surface area contributed by atoms with Crippen LogP contribution in [0.15, 0.2) is 41.1 Å². The van der Waals surface area contributed by atoms with Crippen molar-refractivity contribution >= 4 is 43.2 Å². The first-order valence-electron chi connectivity index (χ1n) is 13.0. The number of ether oxygens (including phenoxy) is 2. The van der Waals surface area contributed by atoms with E-state index in [0.29, 0.717) is 52.1 Å². The van der Waals surface area contributed by atoms with Crippen LogP contribution < -0.4 is 0 Å². The molecule has 1 aliphatic rings. The molecule has 4 rings (SSSR count). The maximum atomic E-state index is 13.6. The van der Waals surface area contributed by atoms with Crippen molar-refractivity contribution in [3.8, 4) is 11.4 Å². The summed E-state index contributed by atoms with van der Waals surface area (Å²) < 4.78 is 18.0. The van der Waals surface area contributed by atoms with Gasteiger partial charge >= 0.3 is 5.97 Å². The zero-order valence-corrected chi connectivity index (χ0v) is 25.9. The highest BCUT2D eigenvalue weighted by atomic mass is 35.5. The second-order valence-electron chi connectivity index (χ2n) is 11.1. The van der Waals surface area contributed by atoms with Crippen LogP contribution in [0.3, 0.4) is 0 Å². The molecule has 0 radical (unpaired) electrons. The predicted molar refractivity (Wildman–Crippen MR) is 156 cm³/mol. The van der Waals surface area contributed by atoms with E-state index in [1.165, 1.54) is 13.4 Å². The smallest absolute Gasteiger partial charge is 0.333 e. The van der Waals surface area contributed by atoms with Crippen LogP contribution in [0.1, 0.15) is 40.1 Å². The molecule has 0 spiro atoms. The fraction of sp³-hybridized carbons (Fsp3) is 0.429. The predicted octanol–water partition coefficient (Wildman–Crippen LogP) is 6.19. The fourth-order valence-electron chi connectivity index (χ4n) is 4.70. The Balaban J connectivity index is 1.70. The summed E-state index contributed by atoms with van der Waals surface area (Å²) >= 11 is 12.3. The third kappa shape index (κ3) is 6.51. The normalized spacial score (nSPS) is 15.2. The fourth-order valence-corrected chi connectivity index (χ4v) is 5.75. The molecule has 12 heteroatoms. The first-order chi connectivity index (χ1) is 18.9. The summed E-state index contributed by atoms with van der Waals surface area (Å²) in [6.07, 6.45) is 2.23. The number of rotatable bonds is 10. The summed E-state index contributed by atoms with van der Waals surface area (Å²) in [6, 6.07) is 5.57. The number of benzene rings is 1. The van der Waals surface area contributed by atoms with Gasteiger partial charge in [0.15, 0.2) is 0 Å². The molecule has 0 bridgehead atoms. The van der Waals surface area contributed by atoms with Gasteiger partial charge in [0.05, 0.1) is 23.2 Å². The first-order valence-corrected chi connectivity index (χ1v) is 17.5. The zero-order chi connectivity index (χ0) is 29.2. The van der Waals surface area contributed by atoms with Crippen molar-refractivity contribution in [3.05, 3.63) is 69.0 Å². The molecular weight excluding hydrogens is 571 g/mol. The van der Waals surface area contributed by atoms with Crippen molar-refractivity contribution < 1.29 is 23.6 Å². The molecule has 1 amide bonds. The standard InChI is InChI=1S/C28H34Cl2N4O5Si/c1-17(28(36)37-3)13-20-15-39-32-25(20)26-24-18(2)33(27(35)19-7-8-21(29)22(30)14-19)10-9-23(24)34(31-26)16-38-11-12-40(4,5)6/h7-8,14-15,18H,1,9-13,16H2,2-6H3/t18-/m1/s1. The van der Waals surface area contributed by atoms with Gasteiger partial charge in [-0.05, 0) is 31.2 Å². The van der Waals surface area contributed by atoms with Gasteiger partial charge in [0.2, 0.25) is 0 Å². The number of nitrogens with zero attached hydrogens (tertiary/aromatic N) is 4. The Labute approximate surface area is 245 Å². The van der Waals surface area contributed by atoms with Crippen LogP contribution in [0.5, 0.6) is 0 Å². The molecule has 214 valence electrons. The van der Waals surface area contributed by atoms with E-state index in [4.69, 9.17) is 42.3 Å². The number of carbonyl (C=O) groups excluding carboxylic acids is 2. The van der Waals surface area contributed by atoms with Gasteiger partial charge in [-0.3, -0.25) is 4.79 Å². The van der Waals surface area contributed by atoms with Gasteiger partial charge in [-0.2, -0.15) is 5.10 Å². The van der Waals surface area contributed by atoms with E-state index in [9.17, 15) is 9.59 Å². The quantitative estimate of drug-likeness (QED) is 0.118. The number of esters is 1. The molecule has 40 heavy (non-hydrogen) atoms. The van der Waals surface area contributed by atoms with Crippen molar-refractivity contribution in [1.82, 2.24) is 19.8 Å². The number of carbonyl (C=O) groups is 2. The van der Waals surface area contributed by atoms with Crippen LogP contribution in [-0.4, -0.2) is 60.0 Å². The van der Waals surface area contributed by atoms with Crippen molar-refractivity contribution in [2.45, 2.75) is 58.2 Å². The Morgan fingerprint density at radius 1 is 1.20 bits per heavy atom. The number of aromatic nitrogens is 3. The Morgan fingerprint density at radius 3 is 2.62 bits per heavy atom. The lowest BCUT2D eigenvalue weighted by atomic mass is 9.93. The van der Waals surface area contributed by atoms with Crippen molar-refractivity contribution in [3.63, 3.8) is 0 Å². The summed E-state index contributed by atoms with van der Waals surface area (Å²) in [6.45, 7) is 14.1. The van der Waals surface area contributed by atoms with Crippen molar-refractivity contribution in [2.24, 2.45) is 0 Å². The van der Waals surface area contributed by atoms with E-state index in [2.05, 4.69) is 31.4 Å². The lowest BCUT2D eigenvalue weighted by Crippen LogP contribution is -2.39. The molecule has 0 saturated heterocycles. The molecule has 0 saturated carbocycles. The monoisotopic (exact) mass is 604 g/mol. The summed E-state index contributed by atoms with van der Waals surface area (Å²) in [5, 5.41) is 9.85. The number of fused-ring (bicyclic) bond motifs is 1. The highest BCUT2D eigenvalue weighted by Crippen LogP contribution is 2.39. The lowest BCUT2D eigenvalue weighted by molar-refractivity contribution is -0.136. The molecule has 1 atom stereocenters. The van der Waals surface area contributed by atoms with E-state index in [1.54, 1.807) is 23.1 Å². The highest BCUT2D eigenvalue weighted by molar-refractivity contribution is 6.76. The Kier molecular flexibility index (Phi) is 9.24. The average Bonchev–Trinajstić information content (AvgIpc) is 3.51. The van der Waals surface area contributed by atoms with E-state index >= 15 is 0 Å². The molecule has 0 unspecified atom stereocenters. The van der Waals surface area contributed by atoms with E-state index in [0.717, 1.165) is 17.3 Å². The third-order valence-corrected chi connectivity index (χ3v) is 9.40. The van der Waals surface area contributed by atoms with Gasteiger partial charge < -0.3 is 18.9 Å². The van der Waals surface area contributed by atoms with Crippen LogP contribution in [-0.2, 0) is 33.8 Å². The summed E-state index contributed by atoms with van der Waals surface area (Å²) in [5.74, 6) is -0.677. The summed E-state index contributed by atoms with van der Waals surface area (Å²) in [4.78, 5) is 27.4. The van der Waals surface area contributed by atoms with Gasteiger partial charge in [0.1, 0.15) is 24.4 Å². The van der Waals surface area contributed by atoms with E-state index in [-0.39, 0.29) is 30.7 Å². The van der Waals surface area contributed by atoms with Crippen molar-refractivity contribution in [2.75, 3.05) is 20.3 Å². The molecule has 0 aliphatic carbocycles. The number of halogens is 2. The van der Waals surface area contributed by atoms with Gasteiger partial charge in [0, 0.05) is 62.0 Å². The van der Waals surface area contributed by atoms with Gasteiger partial charge in [-0.1, -0.05) is 54.6 Å². The molecule has 0 N–H and O–H groups in total. The second kappa shape index (κ2) is 12.3. The SMILES string of the molecule is C=C(Cc1conc1-c1nn(COCC[Si](C)(C)C)c2c1[C@@H](C)N(C(=O)c1ccc(Cl)c(Cl)c1)CC2)C(=O)OC. The largest absolute Gasteiger partial charge is 0.466 e. The summed E-state index contributed by atoms with van der Waals surface area (Å²) in [5.41, 5.74) is 4.23. The van der Waals surface area contributed by atoms with Crippen molar-refractivity contribution in [1.29, 1.82) is 0 Å². The Bertz CT molecular complexity index is 1430. The molecule has 3 aromatic rings.